The number of nitrogens with two attached hydrogens (primary N) is 1. The number of nitrogens with one attached hydrogen (secondary N) is 1. The third-order valence-corrected chi connectivity index (χ3v) is 5.50. The fourth-order valence-corrected chi connectivity index (χ4v) is 4.05. The molecule has 1 fully saturated rings. The summed E-state index contributed by atoms with van der Waals surface area (Å²) in [6, 6.07) is 25.9. The van der Waals surface area contributed by atoms with Gasteiger partial charge in [-0.3, -0.25) is 4.90 Å². The Labute approximate surface area is 165 Å². The van der Waals surface area contributed by atoms with E-state index in [1.807, 2.05) is 18.2 Å². The van der Waals surface area contributed by atoms with Gasteiger partial charge in [-0.15, -0.1) is 0 Å². The molecular weight excluding hydrogens is 344 g/mol. The quantitative estimate of drug-likeness (QED) is 0.560. The smallest absolute Gasteiger partial charge is 0.138 e. The lowest BCUT2D eigenvalue weighted by molar-refractivity contribution is 0.327. The maximum atomic E-state index is 6.05. The number of aromatic nitrogens is 2. The Morgan fingerprint density at radius 3 is 2.54 bits per heavy atom. The van der Waals surface area contributed by atoms with Gasteiger partial charge in [-0.2, -0.15) is 0 Å². The Kier molecular flexibility index (Phi) is 4.43. The molecule has 0 bridgehead atoms. The number of H-pyrrole nitrogens is 1. The third kappa shape index (κ3) is 3.44. The van der Waals surface area contributed by atoms with Gasteiger partial charge in [-0.05, 0) is 47.4 Å². The summed E-state index contributed by atoms with van der Waals surface area (Å²) >= 11 is 0. The predicted molar refractivity (Wildman–Crippen MR) is 115 cm³/mol. The molecule has 1 atom stereocenters. The number of para-hydroxylation sites is 2. The number of nitrogens with zero attached hydrogens (tertiary/aromatic N) is 2. The summed E-state index contributed by atoms with van der Waals surface area (Å²) in [7, 11) is 0. The van der Waals surface area contributed by atoms with Gasteiger partial charge >= 0.3 is 0 Å². The SMILES string of the molecule is NC1CCN(Cc2cccc(-c3cccc(-c4nc5ccccc5[nH]4)c3)c2)C1. The minimum absolute atomic E-state index is 0.323. The number of benzene rings is 3. The summed E-state index contributed by atoms with van der Waals surface area (Å²) in [4.78, 5) is 10.6. The summed E-state index contributed by atoms with van der Waals surface area (Å²) in [5, 5.41) is 0. The van der Waals surface area contributed by atoms with Gasteiger partial charge in [0.1, 0.15) is 5.82 Å². The lowest BCUT2D eigenvalue weighted by Crippen LogP contribution is -2.26. The maximum absolute atomic E-state index is 6.05. The zero-order valence-electron chi connectivity index (χ0n) is 15.8. The average molecular weight is 368 g/mol. The van der Waals surface area contributed by atoms with Crippen molar-refractivity contribution >= 4 is 11.0 Å². The Bertz CT molecular complexity index is 1080. The Balaban J connectivity index is 1.43. The summed E-state index contributed by atoms with van der Waals surface area (Å²) in [5.74, 6) is 0.908. The highest BCUT2D eigenvalue weighted by Gasteiger charge is 2.18. The minimum atomic E-state index is 0.323. The van der Waals surface area contributed by atoms with Crippen molar-refractivity contribution in [2.75, 3.05) is 13.1 Å². The molecule has 0 saturated carbocycles. The van der Waals surface area contributed by atoms with Crippen molar-refractivity contribution < 1.29 is 0 Å². The van der Waals surface area contributed by atoms with Crippen LogP contribution in [0.1, 0.15) is 12.0 Å². The van der Waals surface area contributed by atoms with Gasteiger partial charge in [-0.25, -0.2) is 4.98 Å². The van der Waals surface area contributed by atoms with Gasteiger partial charge in [0.2, 0.25) is 0 Å². The van der Waals surface area contributed by atoms with Crippen LogP contribution in [0.5, 0.6) is 0 Å². The van der Waals surface area contributed by atoms with Crippen molar-refractivity contribution in [2.24, 2.45) is 5.73 Å². The van der Waals surface area contributed by atoms with E-state index < -0.39 is 0 Å². The number of aromatic amines is 1. The van der Waals surface area contributed by atoms with Crippen LogP contribution in [0.25, 0.3) is 33.5 Å². The van der Waals surface area contributed by atoms with Gasteiger partial charge < -0.3 is 10.7 Å². The third-order valence-electron chi connectivity index (χ3n) is 5.50. The molecule has 1 aromatic heterocycles. The summed E-state index contributed by atoms with van der Waals surface area (Å²) in [6.07, 6.45) is 1.10. The second-order valence-corrected chi connectivity index (χ2v) is 7.67. The minimum Gasteiger partial charge on any atom is -0.338 e. The Morgan fingerprint density at radius 2 is 1.71 bits per heavy atom. The second kappa shape index (κ2) is 7.23. The van der Waals surface area contributed by atoms with E-state index in [1.165, 1.54) is 16.7 Å². The molecular formula is C24H24N4. The van der Waals surface area contributed by atoms with Crippen molar-refractivity contribution in [3.8, 4) is 22.5 Å². The average Bonchev–Trinajstić information content (AvgIpc) is 3.34. The molecule has 5 rings (SSSR count). The highest BCUT2D eigenvalue weighted by molar-refractivity contribution is 5.80. The monoisotopic (exact) mass is 368 g/mol. The van der Waals surface area contributed by atoms with Crippen LogP contribution in [0, 0.1) is 0 Å². The number of likely N-dealkylation sites (tertiary alicyclic amines) is 1. The second-order valence-electron chi connectivity index (χ2n) is 7.67. The molecule has 4 nitrogen and oxygen atoms in total. The van der Waals surface area contributed by atoms with Gasteiger partial charge in [0, 0.05) is 31.2 Å². The molecule has 1 saturated heterocycles. The van der Waals surface area contributed by atoms with Crippen LogP contribution in [0.4, 0.5) is 0 Å². The molecule has 4 aromatic rings. The van der Waals surface area contributed by atoms with Crippen LogP contribution < -0.4 is 5.73 Å². The van der Waals surface area contributed by atoms with E-state index in [1.54, 1.807) is 0 Å². The first kappa shape index (κ1) is 17.2. The van der Waals surface area contributed by atoms with E-state index >= 15 is 0 Å². The van der Waals surface area contributed by atoms with Gasteiger partial charge in [0.05, 0.1) is 11.0 Å². The van der Waals surface area contributed by atoms with Crippen molar-refractivity contribution in [1.82, 2.24) is 14.9 Å². The van der Waals surface area contributed by atoms with E-state index in [-0.39, 0.29) is 0 Å². The normalized spacial score (nSPS) is 17.4. The largest absolute Gasteiger partial charge is 0.338 e. The molecule has 1 aliphatic rings. The molecule has 28 heavy (non-hydrogen) atoms. The van der Waals surface area contributed by atoms with Gasteiger partial charge in [-0.1, -0.05) is 48.5 Å². The molecule has 2 heterocycles. The van der Waals surface area contributed by atoms with Crippen LogP contribution in [0.15, 0.2) is 72.8 Å². The molecule has 3 aromatic carbocycles. The number of imidazole rings is 1. The van der Waals surface area contributed by atoms with Crippen LogP contribution in [-0.4, -0.2) is 34.0 Å². The fraction of sp³-hybridized carbons (Fsp3) is 0.208. The van der Waals surface area contributed by atoms with Gasteiger partial charge in [0.15, 0.2) is 0 Å². The molecule has 0 spiro atoms. The molecule has 1 unspecified atom stereocenters. The molecule has 0 aliphatic carbocycles. The highest BCUT2D eigenvalue weighted by atomic mass is 15.2. The number of hydrogen-bond acceptors (Lipinski definition) is 3. The van der Waals surface area contributed by atoms with E-state index in [0.717, 1.165) is 48.5 Å². The summed E-state index contributed by atoms with van der Waals surface area (Å²) in [5.41, 5.74) is 13.0. The zero-order chi connectivity index (χ0) is 18.9. The highest BCUT2D eigenvalue weighted by Crippen LogP contribution is 2.27. The first-order chi connectivity index (χ1) is 13.7. The predicted octanol–water partition coefficient (Wildman–Crippen LogP) is 4.43. The Morgan fingerprint density at radius 1 is 0.929 bits per heavy atom. The molecule has 1 aliphatic heterocycles. The summed E-state index contributed by atoms with van der Waals surface area (Å²) < 4.78 is 0. The van der Waals surface area contributed by atoms with Crippen LogP contribution in [0.3, 0.4) is 0 Å². The molecule has 140 valence electrons. The first-order valence-corrected chi connectivity index (χ1v) is 9.87. The number of rotatable bonds is 4. The van der Waals surface area contributed by atoms with Gasteiger partial charge in [0.25, 0.3) is 0 Å². The Hall–Kier alpha value is -2.95. The standard InChI is InChI=1S/C24H24N4/c25-21-11-12-28(16-21)15-17-5-3-6-18(13-17)19-7-4-8-20(14-19)24-26-22-9-1-2-10-23(22)27-24/h1-10,13-14,21H,11-12,15-16,25H2,(H,26,27). The van der Waals surface area contributed by atoms with E-state index in [4.69, 9.17) is 10.7 Å². The van der Waals surface area contributed by atoms with E-state index in [2.05, 4.69) is 64.5 Å². The number of fused-ring (bicyclic) bond motifs is 1. The van der Waals surface area contributed by atoms with Crippen molar-refractivity contribution in [1.29, 1.82) is 0 Å². The van der Waals surface area contributed by atoms with E-state index in [0.29, 0.717) is 6.04 Å². The van der Waals surface area contributed by atoms with Crippen LogP contribution in [-0.2, 0) is 6.54 Å². The molecule has 3 N–H and O–H groups in total. The fourth-order valence-electron chi connectivity index (χ4n) is 4.05. The maximum Gasteiger partial charge on any atom is 0.138 e. The van der Waals surface area contributed by atoms with Crippen molar-refractivity contribution in [3.05, 3.63) is 78.4 Å². The first-order valence-electron chi connectivity index (χ1n) is 9.87. The summed E-state index contributed by atoms with van der Waals surface area (Å²) in [6.45, 7) is 3.05. The van der Waals surface area contributed by atoms with E-state index in [9.17, 15) is 0 Å². The molecule has 4 heteroatoms. The van der Waals surface area contributed by atoms with Crippen molar-refractivity contribution in [3.63, 3.8) is 0 Å². The number of hydrogen-bond donors (Lipinski definition) is 2. The lowest BCUT2D eigenvalue weighted by atomic mass is 10.0. The molecule has 0 amide bonds. The lowest BCUT2D eigenvalue weighted by Gasteiger charge is -2.16. The van der Waals surface area contributed by atoms with Crippen LogP contribution >= 0.6 is 0 Å². The molecule has 0 radical (unpaired) electrons. The van der Waals surface area contributed by atoms with Crippen molar-refractivity contribution in [2.45, 2.75) is 19.0 Å². The van der Waals surface area contributed by atoms with Crippen LogP contribution in [0.2, 0.25) is 0 Å². The zero-order valence-corrected chi connectivity index (χ0v) is 15.8. The topological polar surface area (TPSA) is 57.9 Å².